The molecule has 0 aliphatic carbocycles. The molecule has 0 saturated carbocycles. The van der Waals surface area contributed by atoms with Gasteiger partial charge >= 0.3 is 6.18 Å². The molecule has 0 rings (SSSR count). The van der Waals surface area contributed by atoms with E-state index in [1.54, 1.807) is 0 Å². The summed E-state index contributed by atoms with van der Waals surface area (Å²) < 4.78 is 31.1. The van der Waals surface area contributed by atoms with Crippen molar-refractivity contribution in [3.8, 4) is 0 Å². The van der Waals surface area contributed by atoms with Crippen molar-refractivity contribution in [2.24, 2.45) is 0 Å². The molecule has 0 saturated heterocycles. The zero-order valence-corrected chi connectivity index (χ0v) is 3.63. The Kier molecular flexibility index (Phi) is 8.82. The van der Waals surface area contributed by atoms with Gasteiger partial charge in [-0.25, -0.2) is 0 Å². The third kappa shape index (κ3) is 935. The highest BCUT2D eigenvalue weighted by Gasteiger charge is 2.15. The average Bonchev–Trinajstić information content (AvgIpc) is 0.722. The highest BCUT2D eigenvalue weighted by atomic mass is 19.4. The molecule has 0 aliphatic rings. The fourth-order valence-electron chi connectivity index (χ4n) is 0. The standard InChI is InChI=1S/C2H3F3.2H2O/c1-2(3,4)5;;/h1H3;2*1H2. The van der Waals surface area contributed by atoms with Gasteiger partial charge in [-0.3, -0.25) is 0 Å². The lowest BCUT2D eigenvalue weighted by Gasteiger charge is -1.88. The maximum atomic E-state index is 10.4. The van der Waals surface area contributed by atoms with Crippen LogP contribution in [-0.4, -0.2) is 17.1 Å². The van der Waals surface area contributed by atoms with Crippen LogP contribution < -0.4 is 0 Å². The molecule has 0 bridgehead atoms. The van der Waals surface area contributed by atoms with Gasteiger partial charge < -0.3 is 11.0 Å². The lowest BCUT2D eigenvalue weighted by molar-refractivity contribution is -0.110. The largest absolute Gasteiger partial charge is 0.412 e. The van der Waals surface area contributed by atoms with Gasteiger partial charge in [-0.2, -0.15) is 13.2 Å². The second kappa shape index (κ2) is 3.89. The summed E-state index contributed by atoms with van der Waals surface area (Å²) in [5.41, 5.74) is 0. The summed E-state index contributed by atoms with van der Waals surface area (Å²) in [6.07, 6.45) is -4.00. The van der Waals surface area contributed by atoms with E-state index in [0.717, 1.165) is 0 Å². The fourth-order valence-corrected chi connectivity index (χ4v) is 0. The van der Waals surface area contributed by atoms with Gasteiger partial charge in [-0.15, -0.1) is 0 Å². The molecule has 0 aromatic carbocycles. The molecular weight excluding hydrogens is 113 g/mol. The first-order valence-corrected chi connectivity index (χ1v) is 1.07. The lowest BCUT2D eigenvalue weighted by Crippen LogP contribution is -1.95. The van der Waals surface area contributed by atoms with Gasteiger partial charge in [0, 0.05) is 6.92 Å². The van der Waals surface area contributed by atoms with Gasteiger partial charge in [-0.1, -0.05) is 0 Å². The van der Waals surface area contributed by atoms with Crippen LogP contribution in [0.5, 0.6) is 0 Å². The van der Waals surface area contributed by atoms with Crippen LogP contribution in [0.4, 0.5) is 13.2 Å². The third-order valence-electron chi connectivity index (χ3n) is 0. The van der Waals surface area contributed by atoms with Crippen molar-refractivity contribution >= 4 is 0 Å². The zero-order valence-electron chi connectivity index (χ0n) is 3.63. The van der Waals surface area contributed by atoms with Crippen LogP contribution in [0.25, 0.3) is 0 Å². The van der Waals surface area contributed by atoms with Crippen molar-refractivity contribution < 1.29 is 24.1 Å². The van der Waals surface area contributed by atoms with E-state index in [0.29, 0.717) is 0 Å². The first-order valence-electron chi connectivity index (χ1n) is 1.07. The predicted octanol–water partition coefficient (Wildman–Crippen LogP) is -0.0808. The molecule has 2 nitrogen and oxygen atoms in total. The molecule has 0 aliphatic heterocycles. The quantitative estimate of drug-likeness (QED) is 0.429. The van der Waals surface area contributed by atoms with Crippen LogP contribution in [0.15, 0.2) is 0 Å². The van der Waals surface area contributed by atoms with Crippen molar-refractivity contribution in [3.05, 3.63) is 0 Å². The number of hydrogen-bond acceptors (Lipinski definition) is 0. The maximum absolute atomic E-state index is 10.4. The van der Waals surface area contributed by atoms with E-state index in [4.69, 9.17) is 0 Å². The summed E-state index contributed by atoms with van der Waals surface area (Å²) in [7, 11) is 0. The molecular formula is C2H7F3O2. The first kappa shape index (κ1) is 15.9. The summed E-state index contributed by atoms with van der Waals surface area (Å²) in [5.74, 6) is 0. The molecule has 4 N–H and O–H groups in total. The van der Waals surface area contributed by atoms with Crippen LogP contribution in [0.1, 0.15) is 6.92 Å². The Balaban J connectivity index is -0.0000000800. The Bertz CT molecular complexity index is 26.4. The monoisotopic (exact) mass is 120 g/mol. The summed E-state index contributed by atoms with van der Waals surface area (Å²) in [6.45, 7) is 0.188. The molecule has 0 aromatic heterocycles. The molecule has 5 heteroatoms. The molecule has 0 spiro atoms. The number of alkyl halides is 3. The summed E-state index contributed by atoms with van der Waals surface area (Å²) in [4.78, 5) is 0. The van der Waals surface area contributed by atoms with Crippen LogP contribution in [0.3, 0.4) is 0 Å². The average molecular weight is 120 g/mol. The Labute approximate surface area is 38.6 Å². The highest BCUT2D eigenvalue weighted by molar-refractivity contribution is 4.26. The zero-order chi connectivity index (χ0) is 4.50. The van der Waals surface area contributed by atoms with Crippen LogP contribution in [0, 0.1) is 0 Å². The lowest BCUT2D eigenvalue weighted by atomic mass is 10.8. The van der Waals surface area contributed by atoms with Gasteiger partial charge in [0.25, 0.3) is 0 Å². The van der Waals surface area contributed by atoms with Crippen LogP contribution >= 0.6 is 0 Å². The SMILES string of the molecule is CC(F)(F)F.O.O. The van der Waals surface area contributed by atoms with E-state index in [2.05, 4.69) is 0 Å². The molecule has 48 valence electrons. The summed E-state index contributed by atoms with van der Waals surface area (Å²) in [5, 5.41) is 0. The van der Waals surface area contributed by atoms with Crippen LogP contribution in [0.2, 0.25) is 0 Å². The number of halogens is 3. The first-order chi connectivity index (χ1) is 2.00. The Hall–Kier alpha value is -0.290. The van der Waals surface area contributed by atoms with E-state index in [-0.39, 0.29) is 17.9 Å². The van der Waals surface area contributed by atoms with Gasteiger partial charge in [-0.05, 0) is 0 Å². The second-order valence-electron chi connectivity index (χ2n) is 0.781. The third-order valence-corrected chi connectivity index (χ3v) is 0. The van der Waals surface area contributed by atoms with Gasteiger partial charge in [0.15, 0.2) is 0 Å². The van der Waals surface area contributed by atoms with Crippen LogP contribution in [-0.2, 0) is 0 Å². The van der Waals surface area contributed by atoms with E-state index in [9.17, 15) is 13.2 Å². The summed E-state index contributed by atoms with van der Waals surface area (Å²) in [6, 6.07) is 0. The minimum Gasteiger partial charge on any atom is -0.412 e. The molecule has 0 amide bonds. The molecule has 7 heavy (non-hydrogen) atoms. The fraction of sp³-hybridized carbons (Fsp3) is 1.00. The molecule has 0 aromatic rings. The van der Waals surface area contributed by atoms with E-state index >= 15 is 0 Å². The van der Waals surface area contributed by atoms with Crippen molar-refractivity contribution in [1.82, 2.24) is 0 Å². The molecule has 0 atom stereocenters. The molecule has 0 heterocycles. The predicted molar refractivity (Wildman–Crippen MR) is 19.0 cm³/mol. The van der Waals surface area contributed by atoms with Crippen molar-refractivity contribution in [3.63, 3.8) is 0 Å². The van der Waals surface area contributed by atoms with E-state index in [1.807, 2.05) is 0 Å². The topological polar surface area (TPSA) is 63.0 Å². The Morgan fingerprint density at radius 3 is 1.00 bits per heavy atom. The maximum Gasteiger partial charge on any atom is 0.386 e. The van der Waals surface area contributed by atoms with Crippen molar-refractivity contribution in [2.75, 3.05) is 0 Å². The Morgan fingerprint density at radius 2 is 1.00 bits per heavy atom. The highest BCUT2D eigenvalue weighted by Crippen LogP contribution is 2.10. The minimum absolute atomic E-state index is 0. The van der Waals surface area contributed by atoms with Gasteiger partial charge in [0.1, 0.15) is 0 Å². The van der Waals surface area contributed by atoms with E-state index < -0.39 is 6.18 Å². The summed E-state index contributed by atoms with van der Waals surface area (Å²) >= 11 is 0. The van der Waals surface area contributed by atoms with Gasteiger partial charge in [0.2, 0.25) is 0 Å². The Morgan fingerprint density at radius 1 is 1.00 bits per heavy atom. The molecule has 0 radical (unpaired) electrons. The van der Waals surface area contributed by atoms with E-state index in [1.165, 1.54) is 0 Å². The van der Waals surface area contributed by atoms with Crippen molar-refractivity contribution in [2.45, 2.75) is 13.1 Å². The van der Waals surface area contributed by atoms with Gasteiger partial charge in [0.05, 0.1) is 0 Å². The molecule has 0 fully saturated rings. The normalized spacial score (nSPS) is 8.57. The van der Waals surface area contributed by atoms with Crippen molar-refractivity contribution in [1.29, 1.82) is 0 Å². The molecule has 0 unspecified atom stereocenters. The number of hydrogen-bond donors (Lipinski definition) is 0. The smallest absolute Gasteiger partial charge is 0.386 e. The minimum atomic E-state index is -4.00. The number of rotatable bonds is 0. The second-order valence-corrected chi connectivity index (χ2v) is 0.781.